The minimum absolute atomic E-state index is 0.366. The summed E-state index contributed by atoms with van der Waals surface area (Å²) in [4.78, 5) is 8.98. The van der Waals surface area contributed by atoms with Gasteiger partial charge in [0.25, 0.3) is 0 Å². The van der Waals surface area contributed by atoms with Crippen molar-refractivity contribution in [2.24, 2.45) is 0 Å². The molecule has 114 valence electrons. The molecule has 2 aromatic heterocycles. The molecule has 0 aliphatic heterocycles. The number of anilines is 1. The van der Waals surface area contributed by atoms with E-state index in [0.717, 1.165) is 42.1 Å². The van der Waals surface area contributed by atoms with E-state index >= 15 is 0 Å². The molecule has 0 fully saturated rings. The number of rotatable bonds is 7. The van der Waals surface area contributed by atoms with Crippen LogP contribution in [0.4, 0.5) is 5.82 Å². The number of nitrogens with two attached hydrogens (primary N) is 1. The van der Waals surface area contributed by atoms with Gasteiger partial charge in [-0.2, -0.15) is 0 Å². The molecule has 0 radical (unpaired) electrons. The third-order valence-electron chi connectivity index (χ3n) is 3.80. The predicted octanol–water partition coefficient (Wildman–Crippen LogP) is 1.60. The predicted molar refractivity (Wildman–Crippen MR) is 87.1 cm³/mol. The lowest BCUT2D eigenvalue weighted by molar-refractivity contribution is 0.552. The molecule has 1 unspecified atom stereocenters. The molecule has 1 atom stereocenters. The highest BCUT2D eigenvalue weighted by molar-refractivity contribution is 5.81. The molecule has 0 aromatic carbocycles. The number of aromatic nitrogens is 3. The lowest BCUT2D eigenvalue weighted by Gasteiger charge is -2.13. The maximum Gasteiger partial charge on any atom is 0.150 e. The van der Waals surface area contributed by atoms with Gasteiger partial charge in [0, 0.05) is 25.4 Å². The minimum atomic E-state index is 0.366. The van der Waals surface area contributed by atoms with Crippen LogP contribution in [0.2, 0.25) is 0 Å². The molecule has 0 spiro atoms. The van der Waals surface area contributed by atoms with Crippen molar-refractivity contribution < 1.29 is 0 Å². The van der Waals surface area contributed by atoms with Crippen molar-refractivity contribution in [2.75, 3.05) is 26.4 Å². The Bertz CT molecular complexity index is 630. The third kappa shape index (κ3) is 2.85. The molecule has 6 heteroatoms. The number of nitrogens with zero attached hydrogens (tertiary/aromatic N) is 3. The molecule has 4 N–H and O–H groups in total. The number of nitrogens with one attached hydrogen (secondary N) is 2. The van der Waals surface area contributed by atoms with Gasteiger partial charge in [0.05, 0.1) is 5.70 Å². The first kappa shape index (κ1) is 15.3. The van der Waals surface area contributed by atoms with E-state index < -0.39 is 0 Å². The van der Waals surface area contributed by atoms with Crippen molar-refractivity contribution >= 4 is 17.0 Å². The summed E-state index contributed by atoms with van der Waals surface area (Å²) in [5.41, 5.74) is 8.41. The van der Waals surface area contributed by atoms with Gasteiger partial charge in [0.15, 0.2) is 0 Å². The van der Waals surface area contributed by atoms with Crippen molar-refractivity contribution in [3.8, 4) is 0 Å². The van der Waals surface area contributed by atoms with Crippen molar-refractivity contribution in [1.29, 1.82) is 0 Å². The Morgan fingerprint density at radius 2 is 2.24 bits per heavy atom. The van der Waals surface area contributed by atoms with Crippen molar-refractivity contribution in [2.45, 2.75) is 25.7 Å². The number of imidazole rings is 1. The van der Waals surface area contributed by atoms with Crippen LogP contribution in [0.15, 0.2) is 19.0 Å². The van der Waals surface area contributed by atoms with Crippen molar-refractivity contribution in [3.63, 3.8) is 0 Å². The highest BCUT2D eigenvalue weighted by Crippen LogP contribution is 2.29. The van der Waals surface area contributed by atoms with Gasteiger partial charge in [-0.1, -0.05) is 13.5 Å². The van der Waals surface area contributed by atoms with Crippen LogP contribution < -0.4 is 16.4 Å². The van der Waals surface area contributed by atoms with Crippen LogP contribution in [0.5, 0.6) is 0 Å². The van der Waals surface area contributed by atoms with Crippen molar-refractivity contribution in [3.05, 3.63) is 30.5 Å². The summed E-state index contributed by atoms with van der Waals surface area (Å²) in [5.74, 6) is 1.86. The summed E-state index contributed by atoms with van der Waals surface area (Å²) in [5, 5.41) is 6.25. The Balaban J connectivity index is 2.58. The van der Waals surface area contributed by atoms with Gasteiger partial charge in [-0.15, -0.1) is 0 Å². The van der Waals surface area contributed by atoms with E-state index in [4.69, 9.17) is 10.7 Å². The zero-order valence-corrected chi connectivity index (χ0v) is 13.0. The zero-order chi connectivity index (χ0) is 15.4. The summed E-state index contributed by atoms with van der Waals surface area (Å²) < 4.78 is 2.05. The largest absolute Gasteiger partial charge is 0.387 e. The third-order valence-corrected chi connectivity index (χ3v) is 3.80. The van der Waals surface area contributed by atoms with E-state index in [0.29, 0.717) is 11.7 Å². The first-order valence-electron chi connectivity index (χ1n) is 7.28. The Morgan fingerprint density at radius 3 is 2.86 bits per heavy atom. The van der Waals surface area contributed by atoms with Crippen LogP contribution in [0, 0.1) is 0 Å². The Labute approximate surface area is 125 Å². The quantitative estimate of drug-likeness (QED) is 0.721. The van der Waals surface area contributed by atoms with Gasteiger partial charge in [-0.25, -0.2) is 9.97 Å². The molecule has 2 rings (SSSR count). The van der Waals surface area contributed by atoms with Crippen LogP contribution in [0.25, 0.3) is 11.2 Å². The molecule has 0 aliphatic rings. The highest BCUT2D eigenvalue weighted by atomic mass is 15.1. The molecule has 0 bridgehead atoms. The van der Waals surface area contributed by atoms with E-state index in [-0.39, 0.29) is 0 Å². The summed E-state index contributed by atoms with van der Waals surface area (Å²) in [6.07, 6.45) is 5.68. The molecule has 21 heavy (non-hydrogen) atoms. The average Bonchev–Trinajstić information content (AvgIpc) is 2.88. The first-order chi connectivity index (χ1) is 10.1. The zero-order valence-electron chi connectivity index (χ0n) is 13.0. The molecule has 2 aromatic rings. The number of hydrogen-bond donors (Lipinski definition) is 3. The SMILES string of the molecule is C=C(NC)c1nc(C(CC)CCNC)n2ccnc(N)c12. The topological polar surface area (TPSA) is 80.3 Å². The Morgan fingerprint density at radius 1 is 1.48 bits per heavy atom. The van der Waals surface area contributed by atoms with Gasteiger partial charge >= 0.3 is 0 Å². The molecule has 6 nitrogen and oxygen atoms in total. The van der Waals surface area contributed by atoms with E-state index in [9.17, 15) is 0 Å². The first-order valence-corrected chi connectivity index (χ1v) is 7.28. The average molecular weight is 288 g/mol. The summed E-state index contributed by atoms with van der Waals surface area (Å²) in [7, 11) is 3.80. The second-order valence-electron chi connectivity index (χ2n) is 5.08. The van der Waals surface area contributed by atoms with Gasteiger partial charge in [-0.3, -0.25) is 4.40 Å². The lowest BCUT2D eigenvalue weighted by atomic mass is 10.0. The molecular formula is C15H24N6. The normalized spacial score (nSPS) is 12.5. The van der Waals surface area contributed by atoms with Gasteiger partial charge in [-0.05, 0) is 26.4 Å². The Kier molecular flexibility index (Phi) is 4.80. The number of nitrogen functional groups attached to an aromatic ring is 1. The van der Waals surface area contributed by atoms with E-state index in [1.165, 1.54) is 0 Å². The van der Waals surface area contributed by atoms with Gasteiger partial charge < -0.3 is 16.4 Å². The van der Waals surface area contributed by atoms with Crippen LogP contribution >= 0.6 is 0 Å². The van der Waals surface area contributed by atoms with Crippen LogP contribution in [0.3, 0.4) is 0 Å². The van der Waals surface area contributed by atoms with Gasteiger partial charge in [0.2, 0.25) is 0 Å². The fraction of sp³-hybridized carbons (Fsp3) is 0.467. The molecule has 0 amide bonds. The summed E-state index contributed by atoms with van der Waals surface area (Å²) >= 11 is 0. The van der Waals surface area contributed by atoms with Crippen LogP contribution in [-0.4, -0.2) is 35.0 Å². The van der Waals surface area contributed by atoms with Crippen LogP contribution in [0.1, 0.15) is 37.2 Å². The van der Waals surface area contributed by atoms with E-state index in [1.54, 1.807) is 6.20 Å². The fourth-order valence-electron chi connectivity index (χ4n) is 2.54. The van der Waals surface area contributed by atoms with Gasteiger partial charge in [0.1, 0.15) is 22.9 Å². The Hall–Kier alpha value is -2.08. The van der Waals surface area contributed by atoms with Crippen LogP contribution in [-0.2, 0) is 0 Å². The number of fused-ring (bicyclic) bond motifs is 1. The smallest absolute Gasteiger partial charge is 0.150 e. The highest BCUT2D eigenvalue weighted by Gasteiger charge is 2.21. The molecule has 0 saturated heterocycles. The van der Waals surface area contributed by atoms with E-state index in [2.05, 4.69) is 29.1 Å². The molecule has 0 aliphatic carbocycles. The van der Waals surface area contributed by atoms with E-state index in [1.807, 2.05) is 24.7 Å². The summed E-state index contributed by atoms with van der Waals surface area (Å²) in [6.45, 7) is 7.15. The van der Waals surface area contributed by atoms with Crippen molar-refractivity contribution in [1.82, 2.24) is 25.0 Å². The molecule has 0 saturated carbocycles. The molecular weight excluding hydrogens is 264 g/mol. The standard InChI is InChI=1S/C15H24N6/c1-5-11(6-7-17-3)15-20-12(10(2)18-4)13-14(16)19-8-9-21(13)15/h8-9,11,17-18H,2,5-7H2,1,3-4H3,(H2,16,19). The summed E-state index contributed by atoms with van der Waals surface area (Å²) in [6, 6.07) is 0. The maximum atomic E-state index is 6.05. The lowest BCUT2D eigenvalue weighted by Crippen LogP contribution is -2.14. The molecule has 2 heterocycles. The second kappa shape index (κ2) is 6.58. The monoisotopic (exact) mass is 288 g/mol. The second-order valence-corrected chi connectivity index (χ2v) is 5.08. The number of hydrogen-bond acceptors (Lipinski definition) is 5. The minimum Gasteiger partial charge on any atom is -0.387 e. The maximum absolute atomic E-state index is 6.05. The fourth-order valence-corrected chi connectivity index (χ4v) is 2.54.